The summed E-state index contributed by atoms with van der Waals surface area (Å²) in [7, 11) is 0. The number of rotatable bonds is 3. The molecule has 0 bridgehead atoms. The van der Waals surface area contributed by atoms with Crippen LogP contribution < -0.4 is 22.1 Å². The summed E-state index contributed by atoms with van der Waals surface area (Å²) in [5.41, 5.74) is 10.5. The van der Waals surface area contributed by atoms with Crippen LogP contribution >= 0.6 is 11.6 Å². The number of urea groups is 2. The highest BCUT2D eigenvalue weighted by molar-refractivity contribution is 6.30. The SMILES string of the molecule is NC(=O)NC(NC(N)=O)c1ccc(Cl)cc1. The van der Waals surface area contributed by atoms with E-state index in [1.165, 1.54) is 0 Å². The van der Waals surface area contributed by atoms with Crippen LogP contribution in [0.25, 0.3) is 0 Å². The van der Waals surface area contributed by atoms with Crippen molar-refractivity contribution in [3.63, 3.8) is 0 Å². The number of hydrogen-bond acceptors (Lipinski definition) is 2. The number of amides is 4. The van der Waals surface area contributed by atoms with Gasteiger partial charge in [-0.25, -0.2) is 9.59 Å². The van der Waals surface area contributed by atoms with Crippen molar-refractivity contribution >= 4 is 23.7 Å². The predicted molar refractivity (Wildman–Crippen MR) is 59.6 cm³/mol. The standard InChI is InChI=1S/C9H11ClN4O2/c10-6-3-1-5(2-4-6)7(13-8(11)15)14-9(12)16/h1-4,7H,(H3,11,13,15)(H3,12,14,16). The number of primary amides is 2. The third kappa shape index (κ3) is 3.66. The number of carbonyl (C=O) groups excluding carboxylic acids is 2. The summed E-state index contributed by atoms with van der Waals surface area (Å²) in [6.07, 6.45) is -0.771. The minimum atomic E-state index is -0.771. The Balaban J connectivity index is 2.86. The van der Waals surface area contributed by atoms with Crippen molar-refractivity contribution in [3.05, 3.63) is 34.9 Å². The van der Waals surface area contributed by atoms with E-state index >= 15 is 0 Å². The Labute approximate surface area is 96.9 Å². The molecule has 1 rings (SSSR count). The van der Waals surface area contributed by atoms with E-state index in [4.69, 9.17) is 23.1 Å². The van der Waals surface area contributed by atoms with Crippen molar-refractivity contribution in [2.24, 2.45) is 11.5 Å². The lowest BCUT2D eigenvalue weighted by molar-refractivity contribution is 0.235. The number of hydrogen-bond donors (Lipinski definition) is 4. The first kappa shape index (κ1) is 12.1. The molecule has 6 nitrogen and oxygen atoms in total. The number of halogens is 1. The van der Waals surface area contributed by atoms with Gasteiger partial charge in [0.15, 0.2) is 0 Å². The largest absolute Gasteiger partial charge is 0.352 e. The molecule has 4 amide bonds. The molecule has 0 saturated heterocycles. The smallest absolute Gasteiger partial charge is 0.314 e. The van der Waals surface area contributed by atoms with Crippen LogP contribution in [0.5, 0.6) is 0 Å². The molecule has 7 heteroatoms. The van der Waals surface area contributed by atoms with E-state index in [-0.39, 0.29) is 0 Å². The maximum atomic E-state index is 10.7. The minimum absolute atomic E-state index is 0.542. The van der Waals surface area contributed by atoms with E-state index in [9.17, 15) is 9.59 Å². The zero-order valence-corrected chi connectivity index (χ0v) is 8.99. The first-order valence-electron chi connectivity index (χ1n) is 4.36. The van der Waals surface area contributed by atoms with Gasteiger partial charge in [0.05, 0.1) is 0 Å². The van der Waals surface area contributed by atoms with Gasteiger partial charge in [0.2, 0.25) is 0 Å². The van der Waals surface area contributed by atoms with Gasteiger partial charge in [0, 0.05) is 5.02 Å². The molecular formula is C9H11ClN4O2. The lowest BCUT2D eigenvalue weighted by atomic mass is 10.2. The Morgan fingerprint density at radius 3 is 1.88 bits per heavy atom. The van der Waals surface area contributed by atoms with Crippen molar-refractivity contribution in [3.8, 4) is 0 Å². The summed E-state index contributed by atoms with van der Waals surface area (Å²) in [4.78, 5) is 21.4. The molecular weight excluding hydrogens is 232 g/mol. The molecule has 6 N–H and O–H groups in total. The molecule has 1 aromatic carbocycles. The molecule has 0 fully saturated rings. The highest BCUT2D eigenvalue weighted by Crippen LogP contribution is 2.14. The van der Waals surface area contributed by atoms with Gasteiger partial charge in [-0.1, -0.05) is 23.7 Å². The van der Waals surface area contributed by atoms with E-state index < -0.39 is 18.2 Å². The molecule has 86 valence electrons. The van der Waals surface area contributed by atoms with E-state index in [1.807, 2.05) is 0 Å². The van der Waals surface area contributed by atoms with Gasteiger partial charge in [-0.05, 0) is 17.7 Å². The zero-order valence-electron chi connectivity index (χ0n) is 8.24. The second-order valence-electron chi connectivity index (χ2n) is 3.00. The zero-order chi connectivity index (χ0) is 12.1. The summed E-state index contributed by atoms with van der Waals surface area (Å²) in [5, 5.41) is 5.20. The summed E-state index contributed by atoms with van der Waals surface area (Å²) in [5.74, 6) is 0. The van der Waals surface area contributed by atoms with E-state index in [0.29, 0.717) is 10.6 Å². The minimum Gasteiger partial charge on any atom is -0.352 e. The lowest BCUT2D eigenvalue weighted by Gasteiger charge is -2.18. The molecule has 16 heavy (non-hydrogen) atoms. The third-order valence-corrected chi connectivity index (χ3v) is 2.03. The van der Waals surface area contributed by atoms with Gasteiger partial charge in [0.25, 0.3) is 0 Å². The van der Waals surface area contributed by atoms with Gasteiger partial charge < -0.3 is 22.1 Å². The Kier molecular flexibility index (Phi) is 3.96. The number of carbonyl (C=O) groups is 2. The average molecular weight is 243 g/mol. The maximum Gasteiger partial charge on any atom is 0.314 e. The summed E-state index contributed by atoms with van der Waals surface area (Å²) < 4.78 is 0. The second kappa shape index (κ2) is 5.22. The van der Waals surface area contributed by atoms with Crippen molar-refractivity contribution in [1.82, 2.24) is 10.6 Å². The van der Waals surface area contributed by atoms with Crippen LogP contribution in [0.15, 0.2) is 24.3 Å². The van der Waals surface area contributed by atoms with Gasteiger partial charge in [-0.3, -0.25) is 0 Å². The quantitative estimate of drug-likeness (QED) is 0.585. The Bertz CT molecular complexity index is 377. The van der Waals surface area contributed by atoms with Gasteiger partial charge in [0.1, 0.15) is 6.17 Å². The van der Waals surface area contributed by atoms with Gasteiger partial charge >= 0.3 is 12.1 Å². The Hall–Kier alpha value is -1.95. The van der Waals surface area contributed by atoms with Crippen LogP contribution in [0, 0.1) is 0 Å². The normalized spacial score (nSPS) is 9.88. The van der Waals surface area contributed by atoms with Crippen LogP contribution in [0.3, 0.4) is 0 Å². The fraction of sp³-hybridized carbons (Fsp3) is 0.111. The second-order valence-corrected chi connectivity index (χ2v) is 3.44. The Morgan fingerprint density at radius 1 is 1.06 bits per heavy atom. The average Bonchev–Trinajstić information content (AvgIpc) is 2.16. The molecule has 0 aliphatic rings. The molecule has 0 radical (unpaired) electrons. The van der Waals surface area contributed by atoms with Crippen LogP contribution in [0.1, 0.15) is 11.7 Å². The Morgan fingerprint density at radius 2 is 1.50 bits per heavy atom. The molecule has 0 aromatic heterocycles. The van der Waals surface area contributed by atoms with Crippen LogP contribution in [0.2, 0.25) is 5.02 Å². The number of nitrogens with two attached hydrogens (primary N) is 2. The van der Waals surface area contributed by atoms with Crippen molar-refractivity contribution in [2.45, 2.75) is 6.17 Å². The van der Waals surface area contributed by atoms with Crippen LogP contribution in [-0.4, -0.2) is 12.1 Å². The topological polar surface area (TPSA) is 110 Å². The van der Waals surface area contributed by atoms with E-state index in [2.05, 4.69) is 10.6 Å². The van der Waals surface area contributed by atoms with E-state index in [1.54, 1.807) is 24.3 Å². The van der Waals surface area contributed by atoms with Crippen molar-refractivity contribution in [1.29, 1.82) is 0 Å². The summed E-state index contributed by atoms with van der Waals surface area (Å²) in [6, 6.07) is 4.98. The number of benzene rings is 1. The molecule has 0 aliphatic carbocycles. The van der Waals surface area contributed by atoms with Crippen LogP contribution in [-0.2, 0) is 0 Å². The molecule has 0 spiro atoms. The highest BCUT2D eigenvalue weighted by Gasteiger charge is 2.13. The molecule has 0 unspecified atom stereocenters. The van der Waals surface area contributed by atoms with E-state index in [0.717, 1.165) is 0 Å². The molecule has 0 heterocycles. The first-order valence-corrected chi connectivity index (χ1v) is 4.74. The van der Waals surface area contributed by atoms with Crippen molar-refractivity contribution < 1.29 is 9.59 Å². The summed E-state index contributed by atoms with van der Waals surface area (Å²) >= 11 is 5.70. The van der Waals surface area contributed by atoms with Gasteiger partial charge in [-0.15, -0.1) is 0 Å². The first-order chi connectivity index (χ1) is 7.49. The molecule has 0 saturated carbocycles. The lowest BCUT2D eigenvalue weighted by Crippen LogP contribution is -2.45. The van der Waals surface area contributed by atoms with Gasteiger partial charge in [-0.2, -0.15) is 0 Å². The fourth-order valence-corrected chi connectivity index (χ4v) is 1.27. The monoisotopic (exact) mass is 242 g/mol. The number of nitrogens with one attached hydrogen (secondary N) is 2. The molecule has 1 aromatic rings. The third-order valence-electron chi connectivity index (χ3n) is 1.78. The summed E-state index contributed by atoms with van der Waals surface area (Å²) in [6.45, 7) is 0. The highest BCUT2D eigenvalue weighted by atomic mass is 35.5. The fourth-order valence-electron chi connectivity index (χ4n) is 1.14. The van der Waals surface area contributed by atoms with Crippen molar-refractivity contribution in [2.75, 3.05) is 0 Å². The molecule has 0 atom stereocenters. The maximum absolute atomic E-state index is 10.7. The van der Waals surface area contributed by atoms with Crippen LogP contribution in [0.4, 0.5) is 9.59 Å². The molecule has 0 aliphatic heterocycles. The predicted octanol–water partition coefficient (Wildman–Crippen LogP) is 0.675.